The highest BCUT2D eigenvalue weighted by molar-refractivity contribution is 6.06. The normalized spacial score (nSPS) is 43.2. The summed E-state index contributed by atoms with van der Waals surface area (Å²) in [6.45, 7) is 9.97. The molecule has 29 heavy (non-hydrogen) atoms. The molecule has 0 aromatic carbocycles. The van der Waals surface area contributed by atoms with Gasteiger partial charge in [-0.2, -0.15) is 5.10 Å². The average Bonchev–Trinajstić information content (AvgIpc) is 3.19. The van der Waals surface area contributed by atoms with Crippen LogP contribution in [0.3, 0.4) is 0 Å². The van der Waals surface area contributed by atoms with Gasteiger partial charge in [-0.25, -0.2) is 0 Å². The molecule has 0 amide bonds. The highest BCUT2D eigenvalue weighted by Gasteiger charge is 2.60. The summed E-state index contributed by atoms with van der Waals surface area (Å²) in [6, 6.07) is 0. The number of carbonyl (C=O) groups excluding carboxylic acids is 1. The molecule has 5 rings (SSSR count). The van der Waals surface area contributed by atoms with Crippen LogP contribution in [0.25, 0.3) is 6.08 Å². The number of nitrogens with zero attached hydrogens (tertiary/aromatic N) is 2. The third kappa shape index (κ3) is 2.82. The molecule has 1 aromatic heterocycles. The van der Waals surface area contributed by atoms with Gasteiger partial charge in [0.05, 0.1) is 5.69 Å². The molecule has 0 N–H and O–H groups in total. The van der Waals surface area contributed by atoms with Gasteiger partial charge in [-0.1, -0.05) is 26.7 Å². The molecule has 0 radical (unpaired) electrons. The number of Topliss-reactive ketones (excluding diaryl/α,β-unsaturated/α-hetero) is 1. The predicted molar refractivity (Wildman–Crippen MR) is 117 cm³/mol. The smallest absolute Gasteiger partial charge is 0.165 e. The molecule has 3 heteroatoms. The van der Waals surface area contributed by atoms with E-state index in [1.165, 1.54) is 44.9 Å². The van der Waals surface area contributed by atoms with Gasteiger partial charge >= 0.3 is 0 Å². The first-order chi connectivity index (χ1) is 13.9. The Morgan fingerprint density at radius 2 is 1.97 bits per heavy atom. The molecule has 4 aliphatic carbocycles. The Bertz CT molecular complexity index is 851. The Morgan fingerprint density at radius 3 is 2.72 bits per heavy atom. The fraction of sp³-hybridized carbons (Fsp3) is 0.769. The van der Waals surface area contributed by atoms with Crippen LogP contribution in [0.2, 0.25) is 0 Å². The summed E-state index contributed by atoms with van der Waals surface area (Å²) < 4.78 is 1.98. The molecule has 6 atom stereocenters. The Balaban J connectivity index is 1.46. The molecule has 0 bridgehead atoms. The summed E-state index contributed by atoms with van der Waals surface area (Å²) in [7, 11) is 0. The van der Waals surface area contributed by atoms with E-state index >= 15 is 0 Å². The van der Waals surface area contributed by atoms with Crippen LogP contribution >= 0.6 is 0 Å². The number of carbonyl (C=O) groups is 1. The van der Waals surface area contributed by atoms with E-state index in [1.807, 2.05) is 4.68 Å². The number of fused-ring (bicyclic) bond motifs is 5. The van der Waals surface area contributed by atoms with Crippen molar-refractivity contribution in [1.29, 1.82) is 0 Å². The zero-order chi connectivity index (χ0) is 20.4. The van der Waals surface area contributed by atoms with E-state index in [2.05, 4.69) is 45.1 Å². The van der Waals surface area contributed by atoms with Crippen molar-refractivity contribution in [2.45, 2.75) is 92.0 Å². The SMILES string of the molecule is CCn1cc(/C=C2/C[C@H]3[C@@H]4CCC5CCCC[C@]5(C)[C@H]4CC[C@]3(C)C2=O)c(C)n1. The van der Waals surface area contributed by atoms with E-state index in [9.17, 15) is 4.79 Å². The molecule has 0 spiro atoms. The molecule has 4 fully saturated rings. The Hall–Kier alpha value is -1.38. The summed E-state index contributed by atoms with van der Waals surface area (Å²) in [4.78, 5) is 13.6. The minimum absolute atomic E-state index is 0.125. The second-order valence-corrected chi connectivity index (χ2v) is 11.1. The number of ketones is 1. The van der Waals surface area contributed by atoms with Crippen molar-refractivity contribution in [3.8, 4) is 0 Å². The van der Waals surface area contributed by atoms with Gasteiger partial charge in [0.25, 0.3) is 0 Å². The molecule has 1 heterocycles. The van der Waals surface area contributed by atoms with Crippen LogP contribution in [0.1, 0.15) is 89.8 Å². The quantitative estimate of drug-likeness (QED) is 0.559. The van der Waals surface area contributed by atoms with Crippen molar-refractivity contribution in [3.05, 3.63) is 23.0 Å². The Kier molecular flexibility index (Phi) is 4.60. The predicted octanol–water partition coefficient (Wildman–Crippen LogP) is 6.21. The molecule has 0 saturated heterocycles. The van der Waals surface area contributed by atoms with Gasteiger partial charge in [-0.15, -0.1) is 0 Å². The van der Waals surface area contributed by atoms with E-state index in [4.69, 9.17) is 0 Å². The van der Waals surface area contributed by atoms with Crippen LogP contribution < -0.4 is 0 Å². The maximum absolute atomic E-state index is 13.6. The van der Waals surface area contributed by atoms with Gasteiger partial charge in [0, 0.05) is 23.7 Å². The number of aromatic nitrogens is 2. The van der Waals surface area contributed by atoms with E-state index in [0.29, 0.717) is 17.1 Å². The summed E-state index contributed by atoms with van der Waals surface area (Å²) >= 11 is 0. The molecule has 1 unspecified atom stereocenters. The second kappa shape index (κ2) is 6.82. The molecule has 4 aliphatic rings. The molecule has 4 saturated carbocycles. The lowest BCUT2D eigenvalue weighted by molar-refractivity contribution is -0.137. The van der Waals surface area contributed by atoms with E-state index in [-0.39, 0.29) is 5.41 Å². The Labute approximate surface area is 176 Å². The van der Waals surface area contributed by atoms with E-state index in [0.717, 1.165) is 54.0 Å². The van der Waals surface area contributed by atoms with Crippen molar-refractivity contribution in [1.82, 2.24) is 9.78 Å². The minimum atomic E-state index is -0.125. The summed E-state index contributed by atoms with van der Waals surface area (Å²) in [5.74, 6) is 3.54. The van der Waals surface area contributed by atoms with Crippen molar-refractivity contribution in [2.24, 2.45) is 34.5 Å². The van der Waals surface area contributed by atoms with E-state index < -0.39 is 0 Å². The maximum Gasteiger partial charge on any atom is 0.165 e. The zero-order valence-electron chi connectivity index (χ0n) is 18.8. The van der Waals surface area contributed by atoms with Crippen LogP contribution in [0.5, 0.6) is 0 Å². The number of hydrogen-bond donors (Lipinski definition) is 0. The summed E-state index contributed by atoms with van der Waals surface area (Å²) in [5.41, 5.74) is 3.67. The van der Waals surface area contributed by atoms with Crippen LogP contribution in [-0.4, -0.2) is 15.6 Å². The van der Waals surface area contributed by atoms with Gasteiger partial charge in [-0.05, 0) is 99.5 Å². The van der Waals surface area contributed by atoms with Gasteiger partial charge in [0.1, 0.15) is 0 Å². The maximum atomic E-state index is 13.6. The molecular weight excluding hydrogens is 356 g/mol. The zero-order valence-corrected chi connectivity index (χ0v) is 18.8. The van der Waals surface area contributed by atoms with Gasteiger partial charge in [-0.3, -0.25) is 9.48 Å². The lowest BCUT2D eigenvalue weighted by Crippen LogP contribution is -2.52. The first kappa shape index (κ1) is 19.6. The van der Waals surface area contributed by atoms with Crippen molar-refractivity contribution >= 4 is 11.9 Å². The number of hydrogen-bond acceptors (Lipinski definition) is 2. The fourth-order valence-electron chi connectivity index (χ4n) is 8.12. The van der Waals surface area contributed by atoms with Crippen molar-refractivity contribution in [3.63, 3.8) is 0 Å². The monoisotopic (exact) mass is 394 g/mol. The standard InChI is InChI=1S/C26H38N2O/c1-5-28-16-19(17(2)27-28)14-18-15-23-21-10-9-20-8-6-7-12-25(20,3)22(21)11-13-26(23,4)24(18)29/h14,16,20-23H,5-13,15H2,1-4H3/b18-14-/t20?,21-,22+,23+,25+,26+/m1/s1. The topological polar surface area (TPSA) is 34.9 Å². The highest BCUT2D eigenvalue weighted by atomic mass is 16.1. The van der Waals surface area contributed by atoms with Gasteiger partial charge in [0.15, 0.2) is 5.78 Å². The molecule has 0 aliphatic heterocycles. The lowest BCUT2D eigenvalue weighted by atomic mass is 9.45. The third-order valence-corrected chi connectivity index (χ3v) is 9.86. The number of allylic oxidation sites excluding steroid dienone is 1. The summed E-state index contributed by atoms with van der Waals surface area (Å²) in [5, 5.41) is 4.58. The van der Waals surface area contributed by atoms with E-state index in [1.54, 1.807) is 0 Å². The highest BCUT2D eigenvalue weighted by Crippen LogP contribution is 2.66. The molecule has 1 aromatic rings. The number of aryl methyl sites for hydroxylation is 2. The van der Waals surface area contributed by atoms with Crippen LogP contribution in [0.15, 0.2) is 11.8 Å². The molecular formula is C26H38N2O. The first-order valence-electron chi connectivity index (χ1n) is 12.2. The fourth-order valence-corrected chi connectivity index (χ4v) is 8.12. The third-order valence-electron chi connectivity index (χ3n) is 9.86. The van der Waals surface area contributed by atoms with Gasteiger partial charge < -0.3 is 0 Å². The largest absolute Gasteiger partial charge is 0.294 e. The van der Waals surface area contributed by atoms with Crippen molar-refractivity contribution < 1.29 is 4.79 Å². The van der Waals surface area contributed by atoms with Crippen LogP contribution in [0, 0.1) is 41.4 Å². The van der Waals surface area contributed by atoms with Crippen LogP contribution in [0.4, 0.5) is 0 Å². The number of rotatable bonds is 2. The molecule has 158 valence electrons. The average molecular weight is 395 g/mol. The second-order valence-electron chi connectivity index (χ2n) is 11.1. The first-order valence-corrected chi connectivity index (χ1v) is 12.2. The summed E-state index contributed by atoms with van der Waals surface area (Å²) in [6.07, 6.45) is 16.2. The van der Waals surface area contributed by atoms with Gasteiger partial charge in [0.2, 0.25) is 0 Å². The molecule has 3 nitrogen and oxygen atoms in total. The van der Waals surface area contributed by atoms with Crippen LogP contribution in [-0.2, 0) is 11.3 Å². The lowest BCUT2D eigenvalue weighted by Gasteiger charge is -2.59. The minimum Gasteiger partial charge on any atom is -0.294 e. The van der Waals surface area contributed by atoms with Crippen molar-refractivity contribution in [2.75, 3.05) is 0 Å². The Morgan fingerprint density at radius 1 is 1.14 bits per heavy atom.